The fraction of sp³-hybridized carbons (Fsp3) is 0.524. The highest BCUT2D eigenvalue weighted by Crippen LogP contribution is 2.16. The number of hydrogen-bond donors (Lipinski definition) is 2. The summed E-state index contributed by atoms with van der Waals surface area (Å²) in [5.41, 5.74) is 1.17. The maximum absolute atomic E-state index is 5.61. The van der Waals surface area contributed by atoms with E-state index in [-0.39, 0.29) is 6.10 Å². The third-order valence-corrected chi connectivity index (χ3v) is 4.64. The van der Waals surface area contributed by atoms with Crippen molar-refractivity contribution in [2.24, 2.45) is 4.99 Å². The summed E-state index contributed by atoms with van der Waals surface area (Å²) in [5.74, 6) is 2.61. The Morgan fingerprint density at radius 3 is 3.10 bits per heavy atom. The van der Waals surface area contributed by atoms with Crippen LogP contribution in [0.3, 0.4) is 0 Å². The molecule has 1 aliphatic heterocycles. The summed E-state index contributed by atoms with van der Waals surface area (Å²) in [7, 11) is 1.77. The van der Waals surface area contributed by atoms with Crippen LogP contribution in [0.5, 0.6) is 0 Å². The number of anilines is 1. The maximum atomic E-state index is 5.61. The highest BCUT2D eigenvalue weighted by atomic mass is 16.5. The molecule has 0 bridgehead atoms. The van der Waals surface area contributed by atoms with Crippen LogP contribution in [0.1, 0.15) is 24.7 Å². The summed E-state index contributed by atoms with van der Waals surface area (Å²) in [6.45, 7) is 7.22. The Balaban J connectivity index is 1.36. The lowest BCUT2D eigenvalue weighted by Gasteiger charge is -2.32. The van der Waals surface area contributed by atoms with Gasteiger partial charge in [0.05, 0.1) is 19.0 Å². The van der Waals surface area contributed by atoms with Gasteiger partial charge < -0.3 is 29.4 Å². The second kappa shape index (κ2) is 11.4. The van der Waals surface area contributed by atoms with Crippen molar-refractivity contribution in [1.29, 1.82) is 0 Å². The molecule has 8 heteroatoms. The summed E-state index contributed by atoms with van der Waals surface area (Å²) in [6, 6.07) is 7.92. The number of furan rings is 1. The molecule has 1 fully saturated rings. The van der Waals surface area contributed by atoms with Gasteiger partial charge in [0.2, 0.25) is 0 Å². The summed E-state index contributed by atoms with van der Waals surface area (Å²) in [5, 5.41) is 6.66. The normalized spacial score (nSPS) is 17.4. The first-order chi connectivity index (χ1) is 14.2. The van der Waals surface area contributed by atoms with E-state index in [0.29, 0.717) is 19.8 Å². The number of hydrogen-bond acceptors (Lipinski definition) is 6. The van der Waals surface area contributed by atoms with Crippen molar-refractivity contribution in [2.45, 2.75) is 32.6 Å². The summed E-state index contributed by atoms with van der Waals surface area (Å²) in [4.78, 5) is 11.1. The number of ether oxygens (including phenoxy) is 2. The molecule has 0 amide bonds. The number of pyridine rings is 1. The van der Waals surface area contributed by atoms with E-state index in [1.54, 1.807) is 13.3 Å². The molecule has 158 valence electrons. The number of nitrogens with zero attached hydrogens (tertiary/aromatic N) is 3. The molecule has 3 heterocycles. The van der Waals surface area contributed by atoms with Gasteiger partial charge in [0.1, 0.15) is 18.2 Å². The van der Waals surface area contributed by atoms with Crippen molar-refractivity contribution in [3.05, 3.63) is 48.0 Å². The van der Waals surface area contributed by atoms with Gasteiger partial charge >= 0.3 is 0 Å². The first-order valence-corrected chi connectivity index (χ1v) is 10.1. The van der Waals surface area contributed by atoms with Crippen LogP contribution in [0, 0.1) is 0 Å². The highest BCUT2D eigenvalue weighted by molar-refractivity contribution is 5.79. The van der Waals surface area contributed by atoms with E-state index in [9.17, 15) is 0 Å². The van der Waals surface area contributed by atoms with E-state index in [4.69, 9.17) is 13.9 Å². The smallest absolute Gasteiger partial charge is 0.191 e. The monoisotopic (exact) mass is 401 g/mol. The van der Waals surface area contributed by atoms with E-state index in [1.165, 1.54) is 5.56 Å². The largest absolute Gasteiger partial charge is 0.467 e. The van der Waals surface area contributed by atoms with Crippen molar-refractivity contribution in [2.75, 3.05) is 44.8 Å². The van der Waals surface area contributed by atoms with Gasteiger partial charge in [0.15, 0.2) is 5.96 Å². The number of rotatable bonds is 9. The van der Waals surface area contributed by atoms with Crippen LogP contribution in [0.4, 0.5) is 5.82 Å². The summed E-state index contributed by atoms with van der Waals surface area (Å²) < 4.78 is 16.4. The van der Waals surface area contributed by atoms with Crippen LogP contribution < -0.4 is 15.5 Å². The first-order valence-electron chi connectivity index (χ1n) is 10.1. The van der Waals surface area contributed by atoms with Crippen molar-refractivity contribution in [3.63, 3.8) is 0 Å². The van der Waals surface area contributed by atoms with Crippen LogP contribution in [0.25, 0.3) is 0 Å². The number of nitrogens with one attached hydrogen (secondary N) is 2. The minimum atomic E-state index is 0.235. The van der Waals surface area contributed by atoms with Gasteiger partial charge in [-0.05, 0) is 43.2 Å². The zero-order chi connectivity index (χ0) is 20.3. The summed E-state index contributed by atoms with van der Waals surface area (Å²) in [6.07, 6.45) is 4.64. The predicted octanol–water partition coefficient (Wildman–Crippen LogP) is 2.17. The molecule has 0 spiro atoms. The van der Waals surface area contributed by atoms with E-state index >= 15 is 0 Å². The minimum absolute atomic E-state index is 0.235. The first kappa shape index (κ1) is 21.1. The molecule has 1 saturated heterocycles. The molecule has 3 rings (SSSR count). The second-order valence-electron chi connectivity index (χ2n) is 6.99. The van der Waals surface area contributed by atoms with Crippen molar-refractivity contribution < 1.29 is 13.9 Å². The van der Waals surface area contributed by atoms with Gasteiger partial charge in [-0.3, -0.25) is 4.99 Å². The minimum Gasteiger partial charge on any atom is -0.467 e. The average Bonchev–Trinajstić information content (AvgIpc) is 3.26. The van der Waals surface area contributed by atoms with Crippen LogP contribution in [0.2, 0.25) is 0 Å². The SMILES string of the molecule is CN=C(NCCCOCc1ccco1)NCc1ccnc(N2CCOC(C)C2)c1. The molecular formula is C21H31N5O3. The van der Waals surface area contributed by atoms with Gasteiger partial charge in [-0.1, -0.05) is 0 Å². The zero-order valence-electron chi connectivity index (χ0n) is 17.3. The Hall–Kier alpha value is -2.58. The average molecular weight is 402 g/mol. The van der Waals surface area contributed by atoms with Gasteiger partial charge in [-0.25, -0.2) is 4.98 Å². The lowest BCUT2D eigenvalue weighted by atomic mass is 10.2. The van der Waals surface area contributed by atoms with E-state index in [0.717, 1.165) is 50.2 Å². The molecule has 0 radical (unpaired) electrons. The van der Waals surface area contributed by atoms with E-state index in [1.807, 2.05) is 24.4 Å². The molecule has 2 aromatic heterocycles. The molecule has 1 unspecified atom stereocenters. The van der Waals surface area contributed by atoms with Gasteiger partial charge in [0, 0.05) is 46.0 Å². The van der Waals surface area contributed by atoms with Gasteiger partial charge in [0.25, 0.3) is 0 Å². The molecule has 29 heavy (non-hydrogen) atoms. The lowest BCUT2D eigenvalue weighted by Crippen LogP contribution is -2.41. The third kappa shape index (κ3) is 7.07. The van der Waals surface area contributed by atoms with Crippen molar-refractivity contribution in [1.82, 2.24) is 15.6 Å². The lowest BCUT2D eigenvalue weighted by molar-refractivity contribution is 0.0529. The Bertz CT molecular complexity index is 751. The molecule has 8 nitrogen and oxygen atoms in total. The predicted molar refractivity (Wildman–Crippen MR) is 113 cm³/mol. The zero-order valence-corrected chi connectivity index (χ0v) is 17.3. The molecule has 1 atom stereocenters. The van der Waals surface area contributed by atoms with E-state index in [2.05, 4.69) is 38.5 Å². The van der Waals surface area contributed by atoms with Gasteiger partial charge in [-0.2, -0.15) is 0 Å². The maximum Gasteiger partial charge on any atom is 0.191 e. The Labute approximate surface area is 172 Å². The van der Waals surface area contributed by atoms with Crippen molar-refractivity contribution in [3.8, 4) is 0 Å². The third-order valence-electron chi connectivity index (χ3n) is 4.64. The van der Waals surface area contributed by atoms with Crippen LogP contribution in [0.15, 0.2) is 46.1 Å². The number of guanidine groups is 1. The Kier molecular flexibility index (Phi) is 8.33. The number of aromatic nitrogens is 1. The molecule has 1 aliphatic rings. The second-order valence-corrected chi connectivity index (χ2v) is 6.99. The molecule has 0 saturated carbocycles. The van der Waals surface area contributed by atoms with Gasteiger partial charge in [-0.15, -0.1) is 0 Å². The van der Waals surface area contributed by atoms with Crippen LogP contribution in [-0.4, -0.2) is 56.9 Å². The fourth-order valence-corrected chi connectivity index (χ4v) is 3.12. The summed E-state index contributed by atoms with van der Waals surface area (Å²) >= 11 is 0. The molecule has 0 aliphatic carbocycles. The van der Waals surface area contributed by atoms with Crippen molar-refractivity contribution >= 4 is 11.8 Å². The molecule has 2 N–H and O–H groups in total. The number of morpholine rings is 1. The highest BCUT2D eigenvalue weighted by Gasteiger charge is 2.18. The molecular weight excluding hydrogens is 370 g/mol. The molecule has 2 aromatic rings. The Morgan fingerprint density at radius 1 is 1.38 bits per heavy atom. The van der Waals surface area contributed by atoms with Crippen LogP contribution >= 0.6 is 0 Å². The number of aliphatic imine (C=N–C) groups is 1. The van der Waals surface area contributed by atoms with Crippen LogP contribution in [-0.2, 0) is 22.6 Å². The standard InChI is InChI=1S/C21H31N5O3/c1-17-15-26(9-12-28-17)20-13-18(6-8-23-20)14-25-21(22-2)24-7-4-10-27-16-19-5-3-11-29-19/h3,5-6,8,11,13,17H,4,7,9-10,12,14-16H2,1-2H3,(H2,22,24,25). The Morgan fingerprint density at radius 2 is 2.31 bits per heavy atom. The van der Waals surface area contributed by atoms with E-state index < -0.39 is 0 Å². The topological polar surface area (TPSA) is 84.2 Å². The quantitative estimate of drug-likeness (QED) is 0.378. The molecule has 0 aromatic carbocycles. The fourth-order valence-electron chi connectivity index (χ4n) is 3.12.